The van der Waals surface area contributed by atoms with Gasteiger partial charge < -0.3 is 15.0 Å². The van der Waals surface area contributed by atoms with Gasteiger partial charge in [-0.25, -0.2) is 4.79 Å². The summed E-state index contributed by atoms with van der Waals surface area (Å²) in [7, 11) is 0. The number of aromatic nitrogens is 1. The van der Waals surface area contributed by atoms with Gasteiger partial charge in [-0.2, -0.15) is 0 Å². The van der Waals surface area contributed by atoms with Gasteiger partial charge in [-0.05, 0) is 37.7 Å². The van der Waals surface area contributed by atoms with E-state index < -0.39 is 5.97 Å². The Morgan fingerprint density at radius 3 is 2.20 bits per heavy atom. The predicted molar refractivity (Wildman–Crippen MR) is 76.1 cm³/mol. The maximum Gasteiger partial charge on any atom is 0.352 e. The molecule has 0 spiro atoms. The number of H-pyrrole nitrogens is 1. The van der Waals surface area contributed by atoms with Gasteiger partial charge in [0.1, 0.15) is 5.69 Å². The van der Waals surface area contributed by atoms with Crippen molar-refractivity contribution in [1.82, 2.24) is 9.88 Å². The van der Waals surface area contributed by atoms with Gasteiger partial charge >= 0.3 is 5.97 Å². The minimum atomic E-state index is -1.02. The summed E-state index contributed by atoms with van der Waals surface area (Å²) >= 11 is 0. The van der Waals surface area contributed by atoms with Crippen LogP contribution in [-0.2, 0) is 0 Å². The van der Waals surface area contributed by atoms with Gasteiger partial charge in [0.25, 0.3) is 5.91 Å². The lowest BCUT2D eigenvalue weighted by atomic mass is 9.82. The number of amides is 1. The van der Waals surface area contributed by atoms with E-state index in [4.69, 9.17) is 5.11 Å². The highest BCUT2D eigenvalue weighted by molar-refractivity contribution is 6.00. The Labute approximate surface area is 119 Å². The fraction of sp³-hybridized carbons (Fsp3) is 0.600. The zero-order valence-corrected chi connectivity index (χ0v) is 12.5. The zero-order valence-electron chi connectivity index (χ0n) is 12.5. The highest BCUT2D eigenvalue weighted by Gasteiger charge is 2.31. The summed E-state index contributed by atoms with van der Waals surface area (Å²) in [5.41, 5.74) is 2.08. The lowest BCUT2D eigenvalue weighted by molar-refractivity contribution is 0.0629. The minimum absolute atomic E-state index is 0.0562. The number of carbonyl (C=O) groups excluding carboxylic acids is 1. The van der Waals surface area contributed by atoms with E-state index in [-0.39, 0.29) is 17.0 Å². The number of carboxylic acids is 1. The summed E-state index contributed by atoms with van der Waals surface area (Å²) < 4.78 is 0. The van der Waals surface area contributed by atoms with Crippen LogP contribution >= 0.6 is 0 Å². The molecule has 1 aromatic rings. The molecule has 2 heterocycles. The van der Waals surface area contributed by atoms with Crippen LogP contribution in [0.2, 0.25) is 0 Å². The molecule has 1 amide bonds. The highest BCUT2D eigenvalue weighted by Crippen LogP contribution is 2.31. The first-order chi connectivity index (χ1) is 9.23. The number of carboxylic acid groups (broad SMARTS) is 1. The molecule has 2 N–H and O–H groups in total. The number of aromatic carboxylic acids is 1. The molecule has 1 aliphatic heterocycles. The molecule has 0 radical (unpaired) electrons. The van der Waals surface area contributed by atoms with Crippen molar-refractivity contribution in [3.63, 3.8) is 0 Å². The van der Waals surface area contributed by atoms with Crippen molar-refractivity contribution >= 4 is 11.9 Å². The van der Waals surface area contributed by atoms with Crippen LogP contribution in [0.15, 0.2) is 0 Å². The lowest BCUT2D eigenvalue weighted by Gasteiger charge is -2.37. The quantitative estimate of drug-likeness (QED) is 0.873. The van der Waals surface area contributed by atoms with Crippen LogP contribution in [0.5, 0.6) is 0 Å². The number of nitrogens with one attached hydrogen (secondary N) is 1. The van der Waals surface area contributed by atoms with Gasteiger partial charge in [0, 0.05) is 18.8 Å². The first-order valence-corrected chi connectivity index (χ1v) is 6.95. The van der Waals surface area contributed by atoms with Gasteiger partial charge in [-0.15, -0.1) is 0 Å². The second-order valence-electron chi connectivity index (χ2n) is 6.39. The van der Waals surface area contributed by atoms with E-state index in [2.05, 4.69) is 18.8 Å². The standard InChI is InChI=1S/C15H22N2O3/c1-9-11(10(2)16-12(9)14(19)20)13(18)17-7-5-15(3,4)6-8-17/h16H,5-8H2,1-4H3,(H,19,20). The molecular weight excluding hydrogens is 256 g/mol. The van der Waals surface area contributed by atoms with E-state index in [0.29, 0.717) is 16.8 Å². The Kier molecular flexibility index (Phi) is 3.63. The zero-order chi connectivity index (χ0) is 15.1. The molecule has 0 bridgehead atoms. The molecule has 1 saturated heterocycles. The van der Waals surface area contributed by atoms with Gasteiger partial charge in [0.15, 0.2) is 0 Å². The van der Waals surface area contributed by atoms with Crippen molar-refractivity contribution in [1.29, 1.82) is 0 Å². The Hall–Kier alpha value is -1.78. The molecule has 2 rings (SSSR count). The van der Waals surface area contributed by atoms with E-state index in [1.807, 2.05) is 4.90 Å². The summed E-state index contributed by atoms with van der Waals surface area (Å²) in [6.07, 6.45) is 1.96. The van der Waals surface area contributed by atoms with Gasteiger partial charge in [-0.1, -0.05) is 13.8 Å². The minimum Gasteiger partial charge on any atom is -0.477 e. The van der Waals surface area contributed by atoms with Crippen molar-refractivity contribution < 1.29 is 14.7 Å². The Morgan fingerprint density at radius 2 is 1.75 bits per heavy atom. The van der Waals surface area contributed by atoms with E-state index >= 15 is 0 Å². The molecule has 110 valence electrons. The monoisotopic (exact) mass is 278 g/mol. The number of aromatic amines is 1. The van der Waals surface area contributed by atoms with E-state index in [9.17, 15) is 9.59 Å². The predicted octanol–water partition coefficient (Wildman–Crippen LogP) is 2.59. The third kappa shape index (κ3) is 2.57. The molecule has 0 atom stereocenters. The Bertz CT molecular complexity index is 548. The number of rotatable bonds is 2. The Balaban J connectivity index is 2.24. The number of piperidine rings is 1. The van der Waals surface area contributed by atoms with E-state index in [1.54, 1.807) is 13.8 Å². The molecule has 0 aromatic carbocycles. The topological polar surface area (TPSA) is 73.4 Å². The maximum absolute atomic E-state index is 12.6. The number of nitrogens with zero attached hydrogens (tertiary/aromatic N) is 1. The fourth-order valence-corrected chi connectivity index (χ4v) is 2.76. The fourth-order valence-electron chi connectivity index (χ4n) is 2.76. The molecule has 5 nitrogen and oxygen atoms in total. The summed E-state index contributed by atoms with van der Waals surface area (Å²) in [6.45, 7) is 9.33. The molecule has 1 fully saturated rings. The summed E-state index contributed by atoms with van der Waals surface area (Å²) in [4.78, 5) is 28.4. The van der Waals surface area contributed by atoms with Crippen molar-refractivity contribution in [2.24, 2.45) is 5.41 Å². The smallest absolute Gasteiger partial charge is 0.352 e. The number of hydrogen-bond acceptors (Lipinski definition) is 2. The Morgan fingerprint density at radius 1 is 1.20 bits per heavy atom. The SMILES string of the molecule is Cc1[nH]c(C(=O)O)c(C)c1C(=O)N1CCC(C)(C)CC1. The van der Waals surface area contributed by atoms with Crippen LogP contribution < -0.4 is 0 Å². The summed E-state index contributed by atoms with van der Waals surface area (Å²) in [5, 5.41) is 9.11. The molecule has 0 aliphatic carbocycles. The van der Waals surface area contributed by atoms with Gasteiger partial charge in [-0.3, -0.25) is 4.79 Å². The normalized spacial score (nSPS) is 18.1. The summed E-state index contributed by atoms with van der Waals surface area (Å²) in [5.74, 6) is -1.08. The largest absolute Gasteiger partial charge is 0.477 e. The molecule has 5 heteroatoms. The number of aryl methyl sites for hydroxylation is 1. The van der Waals surface area contributed by atoms with Crippen molar-refractivity contribution in [3.8, 4) is 0 Å². The number of hydrogen-bond donors (Lipinski definition) is 2. The molecule has 0 saturated carbocycles. The van der Waals surface area contributed by atoms with Crippen molar-refractivity contribution in [3.05, 3.63) is 22.5 Å². The number of carbonyl (C=O) groups is 2. The van der Waals surface area contributed by atoms with Crippen LogP contribution in [0, 0.1) is 19.3 Å². The average molecular weight is 278 g/mol. The maximum atomic E-state index is 12.6. The second kappa shape index (κ2) is 4.96. The van der Waals surface area contributed by atoms with Crippen LogP contribution in [0.25, 0.3) is 0 Å². The van der Waals surface area contributed by atoms with Crippen LogP contribution in [0.4, 0.5) is 0 Å². The van der Waals surface area contributed by atoms with Gasteiger partial charge in [0.2, 0.25) is 0 Å². The van der Waals surface area contributed by atoms with Crippen LogP contribution in [-0.4, -0.2) is 40.0 Å². The second-order valence-corrected chi connectivity index (χ2v) is 6.39. The number of likely N-dealkylation sites (tertiary alicyclic amines) is 1. The average Bonchev–Trinajstić information content (AvgIpc) is 2.64. The lowest BCUT2D eigenvalue weighted by Crippen LogP contribution is -2.41. The van der Waals surface area contributed by atoms with Crippen molar-refractivity contribution in [2.45, 2.75) is 40.5 Å². The molecule has 20 heavy (non-hydrogen) atoms. The van der Waals surface area contributed by atoms with Gasteiger partial charge in [0.05, 0.1) is 5.56 Å². The molecular formula is C15H22N2O3. The van der Waals surface area contributed by atoms with Crippen LogP contribution in [0.1, 0.15) is 58.8 Å². The van der Waals surface area contributed by atoms with E-state index in [0.717, 1.165) is 25.9 Å². The third-order valence-corrected chi connectivity index (χ3v) is 4.27. The molecule has 0 unspecified atom stereocenters. The molecule has 1 aliphatic rings. The first kappa shape index (κ1) is 14.6. The summed E-state index contributed by atoms with van der Waals surface area (Å²) in [6, 6.07) is 0. The van der Waals surface area contributed by atoms with E-state index in [1.165, 1.54) is 0 Å². The highest BCUT2D eigenvalue weighted by atomic mass is 16.4. The van der Waals surface area contributed by atoms with Crippen molar-refractivity contribution in [2.75, 3.05) is 13.1 Å². The third-order valence-electron chi connectivity index (χ3n) is 4.27. The van der Waals surface area contributed by atoms with Crippen LogP contribution in [0.3, 0.4) is 0 Å². The first-order valence-electron chi connectivity index (χ1n) is 6.95. The molecule has 1 aromatic heterocycles.